The average molecular weight is 545 g/mol. The van der Waals surface area contributed by atoms with Crippen molar-refractivity contribution < 1.29 is 24.0 Å². The van der Waals surface area contributed by atoms with Crippen LogP contribution in [0, 0.1) is 27.9 Å². The monoisotopic (exact) mass is 544 g/mol. The maximum atomic E-state index is 13.2. The lowest BCUT2D eigenvalue weighted by molar-refractivity contribution is -0.531. The Bertz CT molecular complexity index is 1010. The summed E-state index contributed by atoms with van der Waals surface area (Å²) < 4.78 is 12.2. The van der Waals surface area contributed by atoms with E-state index in [0.717, 1.165) is 19.3 Å². The Morgan fingerprint density at radius 2 is 1.92 bits per heavy atom. The van der Waals surface area contributed by atoms with Gasteiger partial charge < -0.3 is 25.4 Å². The highest BCUT2D eigenvalue weighted by atomic mass is 16.6. The molecule has 10 nitrogen and oxygen atoms in total. The van der Waals surface area contributed by atoms with Gasteiger partial charge in [0.1, 0.15) is 5.54 Å². The molecule has 0 aromatic rings. The van der Waals surface area contributed by atoms with Crippen molar-refractivity contribution in [3.63, 3.8) is 0 Å². The third-order valence-corrected chi connectivity index (χ3v) is 11.0. The van der Waals surface area contributed by atoms with Gasteiger partial charge in [0.25, 0.3) is 0 Å². The zero-order valence-corrected chi connectivity index (χ0v) is 23.1. The Morgan fingerprint density at radius 1 is 1.15 bits per heavy atom. The molecule has 7 aliphatic rings. The van der Waals surface area contributed by atoms with Gasteiger partial charge in [0.15, 0.2) is 0 Å². The topological polar surface area (TPSA) is 132 Å². The summed E-state index contributed by atoms with van der Waals surface area (Å²) in [6, 6.07) is -0.705. The van der Waals surface area contributed by atoms with Crippen LogP contribution >= 0.6 is 0 Å². The molecule has 3 aliphatic heterocycles. The number of nitro groups is 1. The lowest BCUT2D eigenvalue weighted by atomic mass is 9.47. The van der Waals surface area contributed by atoms with Crippen molar-refractivity contribution in [3.05, 3.63) is 22.8 Å². The number of rotatable bonds is 9. The highest BCUT2D eigenvalue weighted by molar-refractivity contribution is 5.93. The molecular formula is C29H44N4O6. The van der Waals surface area contributed by atoms with Crippen molar-refractivity contribution in [2.75, 3.05) is 13.2 Å². The van der Waals surface area contributed by atoms with Crippen molar-refractivity contribution in [2.45, 2.75) is 125 Å². The van der Waals surface area contributed by atoms with Gasteiger partial charge in [0.05, 0.1) is 24.4 Å². The number of nitrogens with zero attached hydrogens (tertiary/aromatic N) is 1. The van der Waals surface area contributed by atoms with Gasteiger partial charge in [-0.25, -0.2) is 4.79 Å². The molecule has 3 saturated heterocycles. The molecule has 3 heterocycles. The van der Waals surface area contributed by atoms with Gasteiger partial charge in [-0.15, -0.1) is 6.58 Å². The normalized spacial score (nSPS) is 44.9. The van der Waals surface area contributed by atoms with Crippen LogP contribution in [0.3, 0.4) is 0 Å². The van der Waals surface area contributed by atoms with E-state index in [1.165, 1.54) is 32.1 Å². The summed E-state index contributed by atoms with van der Waals surface area (Å²) in [5.74, 6) is 0.0261. The molecule has 1 amide bonds. The molecule has 216 valence electrons. The fourth-order valence-corrected chi connectivity index (χ4v) is 8.97. The zero-order chi connectivity index (χ0) is 27.4. The van der Waals surface area contributed by atoms with Crippen LogP contribution in [0.2, 0.25) is 0 Å². The van der Waals surface area contributed by atoms with Crippen LogP contribution in [-0.4, -0.2) is 70.9 Å². The second kappa shape index (κ2) is 10.1. The van der Waals surface area contributed by atoms with Crippen LogP contribution < -0.4 is 16.0 Å². The van der Waals surface area contributed by atoms with E-state index in [2.05, 4.69) is 22.5 Å². The molecule has 4 aliphatic carbocycles. The van der Waals surface area contributed by atoms with Gasteiger partial charge in [-0.05, 0) is 57.8 Å². The van der Waals surface area contributed by atoms with E-state index in [0.29, 0.717) is 38.1 Å². The standard InChI is InChI=1S/C29H44N4O6/c1-3-18-14-29(18,26(35)38-4-2)32-25(34)24-13-21(15-30-24)39-28-16-27(17-28,19-8-6-5-7-9-19)31-23-11-10-20(33(36)37)12-22(23)28/h3,18-24,30-31H,1,4-17H2,2H3,(H,32,34)/t18-,20?,21?,22?,23?,24-,27?,28?,29+/m0/s1. The highest BCUT2D eigenvalue weighted by Crippen LogP contribution is 2.62. The molecule has 0 aromatic carbocycles. The Balaban J connectivity index is 1.14. The molecule has 7 atom stereocenters. The van der Waals surface area contributed by atoms with E-state index in [1.54, 1.807) is 13.0 Å². The average Bonchev–Trinajstić information content (AvgIpc) is 3.44. The number of ether oxygens (including phenoxy) is 2. The summed E-state index contributed by atoms with van der Waals surface area (Å²) in [5.41, 5.74) is -1.29. The summed E-state index contributed by atoms with van der Waals surface area (Å²) in [6.45, 7) is 6.37. The van der Waals surface area contributed by atoms with Crippen molar-refractivity contribution in [3.8, 4) is 0 Å². The number of carbonyl (C=O) groups is 2. The van der Waals surface area contributed by atoms with Crippen LogP contribution in [0.1, 0.15) is 84.0 Å². The predicted octanol–water partition coefficient (Wildman–Crippen LogP) is 2.63. The maximum absolute atomic E-state index is 13.2. The van der Waals surface area contributed by atoms with Crippen LogP contribution in [0.15, 0.2) is 12.7 Å². The molecule has 0 radical (unpaired) electrons. The van der Waals surface area contributed by atoms with Crippen molar-refractivity contribution >= 4 is 11.9 Å². The Labute approximate surface area is 230 Å². The molecule has 39 heavy (non-hydrogen) atoms. The molecule has 10 heteroatoms. The van der Waals surface area contributed by atoms with Gasteiger partial charge in [0, 0.05) is 47.7 Å². The summed E-state index contributed by atoms with van der Waals surface area (Å²) in [7, 11) is 0. The number of hydrogen-bond acceptors (Lipinski definition) is 8. The van der Waals surface area contributed by atoms with Crippen molar-refractivity contribution in [1.82, 2.24) is 16.0 Å². The number of carbonyl (C=O) groups excluding carboxylic acids is 2. The lowest BCUT2D eigenvalue weighted by Gasteiger charge is -2.70. The minimum Gasteiger partial charge on any atom is -0.464 e. The zero-order valence-electron chi connectivity index (χ0n) is 23.1. The number of amides is 1. The van der Waals surface area contributed by atoms with Crippen LogP contribution in [-0.2, 0) is 19.1 Å². The second-order valence-corrected chi connectivity index (χ2v) is 13.2. The minimum absolute atomic E-state index is 0.0868. The number of esters is 1. The first kappa shape index (κ1) is 27.1. The number of nitrogens with one attached hydrogen (secondary N) is 3. The Kier molecular flexibility index (Phi) is 7.03. The van der Waals surface area contributed by atoms with Gasteiger partial charge in [-0.2, -0.15) is 0 Å². The number of piperidine rings is 2. The SMILES string of the molecule is C=C[C@H]1C[C@]1(NC(=O)[C@@H]1CC(OC23CC(C4CCCCC4)(C2)NC2CCC([N+](=O)[O-])CC23)CN1)C(=O)OCC. The summed E-state index contributed by atoms with van der Waals surface area (Å²) in [6.07, 6.45) is 12.8. The van der Waals surface area contributed by atoms with Crippen LogP contribution in [0.25, 0.3) is 0 Å². The molecule has 0 spiro atoms. The third kappa shape index (κ3) is 4.60. The Morgan fingerprint density at radius 3 is 2.59 bits per heavy atom. The van der Waals surface area contributed by atoms with Crippen molar-refractivity contribution in [1.29, 1.82) is 0 Å². The molecule has 0 aromatic heterocycles. The smallest absolute Gasteiger partial charge is 0.332 e. The largest absolute Gasteiger partial charge is 0.464 e. The van der Waals surface area contributed by atoms with E-state index < -0.39 is 23.6 Å². The first-order chi connectivity index (χ1) is 18.7. The summed E-state index contributed by atoms with van der Waals surface area (Å²) >= 11 is 0. The molecular weight excluding hydrogens is 500 g/mol. The molecule has 7 fully saturated rings. The van der Waals surface area contributed by atoms with E-state index in [4.69, 9.17) is 9.47 Å². The fourth-order valence-electron chi connectivity index (χ4n) is 8.97. The third-order valence-electron chi connectivity index (χ3n) is 11.0. The fraction of sp³-hybridized carbons (Fsp3) is 0.862. The molecule has 4 unspecified atom stereocenters. The van der Waals surface area contributed by atoms with Gasteiger partial charge in [-0.3, -0.25) is 14.9 Å². The molecule has 3 N–H and O–H groups in total. The van der Waals surface area contributed by atoms with Gasteiger partial charge in [-0.1, -0.05) is 25.3 Å². The van der Waals surface area contributed by atoms with E-state index in [1.807, 2.05) is 0 Å². The summed E-state index contributed by atoms with van der Waals surface area (Å²) in [4.78, 5) is 37.5. The summed E-state index contributed by atoms with van der Waals surface area (Å²) in [5, 5.41) is 22.0. The predicted molar refractivity (Wildman–Crippen MR) is 143 cm³/mol. The van der Waals surface area contributed by atoms with E-state index in [9.17, 15) is 19.7 Å². The van der Waals surface area contributed by atoms with E-state index in [-0.39, 0.29) is 52.6 Å². The molecule has 4 saturated carbocycles. The van der Waals surface area contributed by atoms with Crippen molar-refractivity contribution in [2.24, 2.45) is 17.8 Å². The molecule has 2 bridgehead atoms. The first-order valence-corrected chi connectivity index (χ1v) is 15.2. The highest BCUT2D eigenvalue weighted by Gasteiger charge is 2.69. The van der Waals surface area contributed by atoms with Gasteiger partial charge in [0.2, 0.25) is 11.9 Å². The van der Waals surface area contributed by atoms with E-state index >= 15 is 0 Å². The quantitative estimate of drug-likeness (QED) is 0.175. The Hall–Kier alpha value is -2.04. The van der Waals surface area contributed by atoms with Crippen LogP contribution in [0.4, 0.5) is 0 Å². The minimum atomic E-state index is -1.01. The first-order valence-electron chi connectivity index (χ1n) is 15.2. The van der Waals surface area contributed by atoms with Gasteiger partial charge >= 0.3 is 5.97 Å². The maximum Gasteiger partial charge on any atom is 0.332 e. The second-order valence-electron chi connectivity index (χ2n) is 13.2. The molecule has 7 rings (SSSR count). The number of hydrogen-bond donors (Lipinski definition) is 3. The lowest BCUT2D eigenvalue weighted by Crippen LogP contribution is -2.81. The van der Waals surface area contributed by atoms with Crippen LogP contribution in [0.5, 0.6) is 0 Å².